The Morgan fingerprint density at radius 1 is 1.45 bits per heavy atom. The normalized spacial score (nSPS) is 26.7. The molecule has 0 saturated carbocycles. The topological polar surface area (TPSA) is 51.1 Å². The first-order valence-corrected chi connectivity index (χ1v) is 7.48. The monoisotopic (exact) mass is 282 g/mol. The fraction of sp³-hybridized carbons (Fsp3) is 0.867. The summed E-state index contributed by atoms with van der Waals surface area (Å²) in [5.41, 5.74) is -0.469. The molecular formula is C15H26N2O3. The van der Waals surface area contributed by atoms with Gasteiger partial charge in [-0.2, -0.15) is 0 Å². The summed E-state index contributed by atoms with van der Waals surface area (Å²) in [5, 5.41) is 0. The quantitative estimate of drug-likeness (QED) is 0.782. The third-order valence-electron chi connectivity index (χ3n) is 3.63. The summed E-state index contributed by atoms with van der Waals surface area (Å²) in [7, 11) is 0. The summed E-state index contributed by atoms with van der Waals surface area (Å²) in [6.07, 6.45) is 1.61. The molecule has 2 rings (SSSR count). The van der Waals surface area contributed by atoms with E-state index < -0.39 is 5.60 Å². The average molecular weight is 282 g/mol. The molecule has 5 heteroatoms. The van der Waals surface area contributed by atoms with Gasteiger partial charge < -0.3 is 9.47 Å². The van der Waals surface area contributed by atoms with E-state index in [0.717, 1.165) is 12.8 Å². The van der Waals surface area contributed by atoms with Gasteiger partial charge in [0.15, 0.2) is 0 Å². The Morgan fingerprint density at radius 2 is 2.15 bits per heavy atom. The van der Waals surface area contributed by atoms with E-state index in [4.69, 9.17) is 9.47 Å². The van der Waals surface area contributed by atoms with Crippen LogP contribution in [-0.2, 0) is 9.47 Å². The van der Waals surface area contributed by atoms with Gasteiger partial charge in [-0.15, -0.1) is 0 Å². The third-order valence-corrected chi connectivity index (χ3v) is 3.63. The van der Waals surface area contributed by atoms with Gasteiger partial charge in [-0.1, -0.05) is 13.8 Å². The van der Waals surface area contributed by atoms with Crippen molar-refractivity contribution >= 4 is 12.0 Å². The Kier molecular flexibility index (Phi) is 4.25. The Balaban J connectivity index is 2.05. The molecule has 0 unspecified atom stereocenters. The van der Waals surface area contributed by atoms with Crippen molar-refractivity contribution in [2.45, 2.75) is 65.1 Å². The van der Waals surface area contributed by atoms with Crippen molar-refractivity contribution < 1.29 is 14.3 Å². The highest BCUT2D eigenvalue weighted by atomic mass is 16.6. The van der Waals surface area contributed by atoms with Crippen molar-refractivity contribution in [3.05, 3.63) is 0 Å². The second kappa shape index (κ2) is 5.62. The molecule has 2 aliphatic rings. The molecule has 2 heterocycles. The molecule has 2 aliphatic heterocycles. The molecule has 0 aromatic rings. The van der Waals surface area contributed by atoms with E-state index in [-0.39, 0.29) is 18.2 Å². The summed E-state index contributed by atoms with van der Waals surface area (Å²) in [6.45, 7) is 11.3. The highest BCUT2D eigenvalue weighted by Crippen LogP contribution is 2.25. The number of likely N-dealkylation sites (tertiary alicyclic amines) is 1. The lowest BCUT2D eigenvalue weighted by molar-refractivity contribution is 0.0254. The summed E-state index contributed by atoms with van der Waals surface area (Å²) >= 11 is 0. The van der Waals surface area contributed by atoms with Crippen molar-refractivity contribution in [1.29, 1.82) is 0 Å². The van der Waals surface area contributed by atoms with E-state index in [9.17, 15) is 4.79 Å². The van der Waals surface area contributed by atoms with Crippen LogP contribution in [-0.4, -0.2) is 47.7 Å². The van der Waals surface area contributed by atoms with Crippen molar-refractivity contribution in [1.82, 2.24) is 4.90 Å². The van der Waals surface area contributed by atoms with Crippen LogP contribution in [0.1, 0.15) is 47.5 Å². The number of carbonyl (C=O) groups is 1. The number of aliphatic imine (C=N–C) groups is 1. The van der Waals surface area contributed by atoms with Crippen LogP contribution in [0.3, 0.4) is 0 Å². The van der Waals surface area contributed by atoms with Crippen molar-refractivity contribution in [2.75, 3.05) is 13.2 Å². The Morgan fingerprint density at radius 3 is 2.70 bits per heavy atom. The molecule has 0 radical (unpaired) electrons. The summed E-state index contributed by atoms with van der Waals surface area (Å²) < 4.78 is 11.2. The number of carbonyl (C=O) groups excluding carboxylic acids is 1. The maximum Gasteiger partial charge on any atom is 0.410 e. The average Bonchev–Trinajstić information content (AvgIpc) is 2.95. The van der Waals surface area contributed by atoms with E-state index in [1.165, 1.54) is 0 Å². The van der Waals surface area contributed by atoms with Crippen LogP contribution < -0.4 is 0 Å². The number of rotatable bonds is 2. The Bertz CT molecular complexity index is 398. The van der Waals surface area contributed by atoms with E-state index in [1.807, 2.05) is 20.8 Å². The summed E-state index contributed by atoms with van der Waals surface area (Å²) in [4.78, 5) is 18.6. The van der Waals surface area contributed by atoms with E-state index >= 15 is 0 Å². The lowest BCUT2D eigenvalue weighted by atomic mass is 10.1. The number of hydrogen-bond donors (Lipinski definition) is 0. The molecule has 0 aromatic carbocycles. The predicted molar refractivity (Wildman–Crippen MR) is 78.0 cm³/mol. The minimum absolute atomic E-state index is 0.0476. The molecule has 1 amide bonds. The second-order valence-electron chi connectivity index (χ2n) is 6.92. The molecule has 1 fully saturated rings. The Hall–Kier alpha value is -1.26. The fourth-order valence-electron chi connectivity index (χ4n) is 2.50. The van der Waals surface area contributed by atoms with Crippen LogP contribution >= 0.6 is 0 Å². The van der Waals surface area contributed by atoms with E-state index in [0.29, 0.717) is 25.0 Å². The van der Waals surface area contributed by atoms with Gasteiger partial charge >= 0.3 is 6.09 Å². The number of ether oxygens (including phenoxy) is 2. The number of nitrogens with zero attached hydrogens (tertiary/aromatic N) is 2. The largest absolute Gasteiger partial charge is 0.477 e. The minimum atomic E-state index is -0.469. The van der Waals surface area contributed by atoms with Gasteiger partial charge in [0.05, 0.1) is 6.04 Å². The first-order chi connectivity index (χ1) is 9.28. The first-order valence-electron chi connectivity index (χ1n) is 7.48. The standard InChI is InChI=1S/C15H26N2O3/c1-10(2)11-9-19-13(16-11)12-7-6-8-17(12)14(18)20-15(3,4)5/h10-12H,6-9H2,1-5H3/t11-,12+/m1/s1. The molecule has 0 aliphatic carbocycles. The lowest BCUT2D eigenvalue weighted by Gasteiger charge is -2.28. The van der Waals surface area contributed by atoms with Gasteiger partial charge in [-0.3, -0.25) is 4.90 Å². The molecule has 0 N–H and O–H groups in total. The van der Waals surface area contributed by atoms with Crippen LogP contribution in [0, 0.1) is 5.92 Å². The summed E-state index contributed by atoms with van der Waals surface area (Å²) in [6, 6.07) is 0.166. The molecule has 2 atom stereocenters. The molecule has 0 bridgehead atoms. The maximum atomic E-state index is 12.2. The molecule has 5 nitrogen and oxygen atoms in total. The third kappa shape index (κ3) is 3.44. The van der Waals surface area contributed by atoms with Gasteiger partial charge in [0.2, 0.25) is 5.90 Å². The lowest BCUT2D eigenvalue weighted by Crippen LogP contribution is -2.43. The highest BCUT2D eigenvalue weighted by Gasteiger charge is 2.38. The minimum Gasteiger partial charge on any atom is -0.477 e. The summed E-state index contributed by atoms with van der Waals surface area (Å²) in [5.74, 6) is 1.18. The van der Waals surface area contributed by atoms with Crippen LogP contribution in [0.4, 0.5) is 4.79 Å². The zero-order chi connectivity index (χ0) is 14.9. The molecule has 20 heavy (non-hydrogen) atoms. The number of hydrogen-bond acceptors (Lipinski definition) is 4. The van der Waals surface area contributed by atoms with Crippen LogP contribution in [0.2, 0.25) is 0 Å². The molecule has 0 spiro atoms. The number of amides is 1. The zero-order valence-electron chi connectivity index (χ0n) is 13.2. The maximum absolute atomic E-state index is 12.2. The molecular weight excluding hydrogens is 256 g/mol. The van der Waals surface area contributed by atoms with Gasteiger partial charge in [-0.05, 0) is 39.5 Å². The van der Waals surface area contributed by atoms with E-state index in [2.05, 4.69) is 18.8 Å². The van der Waals surface area contributed by atoms with Gasteiger partial charge in [-0.25, -0.2) is 9.79 Å². The van der Waals surface area contributed by atoms with Crippen LogP contribution in [0.25, 0.3) is 0 Å². The first kappa shape index (κ1) is 15.1. The SMILES string of the molecule is CC(C)[C@H]1COC([C@@H]2CCCN2C(=O)OC(C)(C)C)=N1. The van der Waals surface area contributed by atoms with Gasteiger partial charge in [0.1, 0.15) is 18.2 Å². The molecule has 114 valence electrons. The van der Waals surface area contributed by atoms with Crippen molar-refractivity contribution in [3.63, 3.8) is 0 Å². The van der Waals surface area contributed by atoms with Crippen LogP contribution in [0.5, 0.6) is 0 Å². The molecule has 0 aromatic heterocycles. The van der Waals surface area contributed by atoms with Crippen LogP contribution in [0.15, 0.2) is 4.99 Å². The van der Waals surface area contributed by atoms with Gasteiger partial charge in [0.25, 0.3) is 0 Å². The van der Waals surface area contributed by atoms with Crippen molar-refractivity contribution in [3.8, 4) is 0 Å². The fourth-order valence-corrected chi connectivity index (χ4v) is 2.50. The Labute approximate surface area is 121 Å². The van der Waals surface area contributed by atoms with Gasteiger partial charge in [0, 0.05) is 6.54 Å². The second-order valence-corrected chi connectivity index (χ2v) is 6.92. The van der Waals surface area contributed by atoms with E-state index in [1.54, 1.807) is 4.90 Å². The zero-order valence-corrected chi connectivity index (χ0v) is 13.2. The predicted octanol–water partition coefficient (Wildman–Crippen LogP) is 2.84. The highest BCUT2D eigenvalue weighted by molar-refractivity contribution is 5.87. The smallest absolute Gasteiger partial charge is 0.410 e. The molecule has 1 saturated heterocycles. The van der Waals surface area contributed by atoms with Crippen molar-refractivity contribution in [2.24, 2.45) is 10.9 Å².